The number of rotatable bonds is 17. The first-order valence-electron chi connectivity index (χ1n) is 24.2. The first-order valence-corrected chi connectivity index (χ1v) is 24.2. The first kappa shape index (κ1) is 54.7. The molecular weight excluding hydrogens is 916 g/mol. The van der Waals surface area contributed by atoms with Gasteiger partial charge in [-0.25, -0.2) is 9.13 Å². The third-order valence-electron chi connectivity index (χ3n) is 15.6. The number of hydrogen-bond donors (Lipinski definition) is 2. The third-order valence-corrected chi connectivity index (χ3v) is 15.6. The minimum Gasteiger partial charge on any atom is -0.424 e. The van der Waals surface area contributed by atoms with Gasteiger partial charge in [-0.05, 0) is 70.5 Å². The third kappa shape index (κ3) is 10.3. The van der Waals surface area contributed by atoms with Gasteiger partial charge >= 0.3 is 11.9 Å². The Labute approximate surface area is 419 Å². The molecule has 0 bridgehead atoms. The number of ketones is 2. The summed E-state index contributed by atoms with van der Waals surface area (Å²) in [4.78, 5) is 52.5. The number of aryl methyl sites for hydroxylation is 2. The summed E-state index contributed by atoms with van der Waals surface area (Å²) in [5, 5.41) is 5.23. The lowest BCUT2D eigenvalue weighted by atomic mass is 9.82. The maximum absolute atomic E-state index is 13.5. The second kappa shape index (κ2) is 23.1. The van der Waals surface area contributed by atoms with Crippen LogP contribution in [0.5, 0.6) is 0 Å². The van der Waals surface area contributed by atoms with Crippen molar-refractivity contribution in [1.82, 2.24) is 23.6 Å². The summed E-state index contributed by atoms with van der Waals surface area (Å²) in [6.07, 6.45) is 14.0. The Morgan fingerprint density at radius 1 is 0.681 bits per heavy atom. The van der Waals surface area contributed by atoms with Crippen molar-refractivity contribution in [2.75, 3.05) is 20.1 Å². The monoisotopic (exact) mass is 989 g/mol. The van der Waals surface area contributed by atoms with E-state index in [-0.39, 0.29) is 80.2 Å². The van der Waals surface area contributed by atoms with E-state index in [9.17, 15) is 19.2 Å². The van der Waals surface area contributed by atoms with Crippen molar-refractivity contribution in [3.8, 4) is 0 Å². The van der Waals surface area contributed by atoms with Crippen LogP contribution in [0.3, 0.4) is 0 Å². The van der Waals surface area contributed by atoms with Crippen LogP contribution in [0.1, 0.15) is 110 Å². The number of ether oxygens (including phenoxy) is 2. The Bertz CT molecular complexity index is 2770. The van der Waals surface area contributed by atoms with Gasteiger partial charge < -0.3 is 29.7 Å². The minimum atomic E-state index is -0.623. The van der Waals surface area contributed by atoms with E-state index < -0.39 is 10.8 Å². The van der Waals surface area contributed by atoms with Crippen molar-refractivity contribution in [1.29, 1.82) is 0 Å². The molecule has 0 fully saturated rings. The van der Waals surface area contributed by atoms with E-state index >= 15 is 0 Å². The van der Waals surface area contributed by atoms with E-state index in [1.807, 2.05) is 120 Å². The molecule has 3 N–H and O–H groups in total. The van der Waals surface area contributed by atoms with Gasteiger partial charge in [0.2, 0.25) is 13.5 Å². The zero-order valence-corrected chi connectivity index (χ0v) is 43.6. The molecule has 2 aliphatic carbocycles. The maximum Gasteiger partial charge on any atom is 0.316 e. The van der Waals surface area contributed by atoms with Crippen molar-refractivity contribution in [2.45, 2.75) is 119 Å². The lowest BCUT2D eigenvalue weighted by Crippen LogP contribution is -2.44. The van der Waals surface area contributed by atoms with Crippen molar-refractivity contribution >= 4 is 70.1 Å². The average molecular weight is 990 g/mol. The van der Waals surface area contributed by atoms with Crippen molar-refractivity contribution < 1.29 is 37.8 Å². The number of nitrogens with two attached hydrogens (primary N) is 1. The predicted octanol–water partition coefficient (Wildman–Crippen LogP) is 7.68. The Kier molecular flexibility index (Phi) is 18.3. The fourth-order valence-electron chi connectivity index (χ4n) is 10.6. The summed E-state index contributed by atoms with van der Waals surface area (Å²) in [7, 11) is 5.96. The Hall–Kier alpha value is -5.28. The molecule has 2 aromatic carbocycles. The van der Waals surface area contributed by atoms with Gasteiger partial charge in [-0.2, -0.15) is 9.13 Å². The molecule has 2 atom stereocenters. The van der Waals surface area contributed by atoms with Crippen LogP contribution in [0.2, 0.25) is 0 Å². The zero-order valence-electron chi connectivity index (χ0n) is 42.0. The summed E-state index contributed by atoms with van der Waals surface area (Å²) < 4.78 is 23.7. The number of nitrogens with one attached hydrogen (secondary N) is 1. The highest BCUT2D eigenvalue weighted by Crippen LogP contribution is 2.36. The van der Waals surface area contributed by atoms with Gasteiger partial charge in [0.15, 0.2) is 11.6 Å². The van der Waals surface area contributed by atoms with E-state index in [0.29, 0.717) is 32.5 Å². The molecule has 4 aromatic heterocycles. The van der Waals surface area contributed by atoms with E-state index in [2.05, 4.69) is 48.8 Å². The van der Waals surface area contributed by atoms with Gasteiger partial charge in [-0.1, -0.05) is 64.1 Å². The quantitative estimate of drug-likeness (QED) is 0.0698. The molecule has 6 aromatic rings. The second-order valence-electron chi connectivity index (χ2n) is 18.8. The molecule has 0 aliphatic heterocycles. The first-order chi connectivity index (χ1) is 32.2. The lowest BCUT2D eigenvalue weighted by Gasteiger charge is -2.28. The molecule has 374 valence electrons. The van der Waals surface area contributed by atoms with Crippen LogP contribution in [-0.4, -0.2) is 61.9 Å². The molecule has 8 rings (SSSR count). The van der Waals surface area contributed by atoms with Gasteiger partial charge in [0.05, 0.1) is 22.7 Å². The van der Waals surface area contributed by atoms with Crippen molar-refractivity contribution in [3.05, 3.63) is 107 Å². The molecule has 2 aliphatic rings. The van der Waals surface area contributed by atoms with E-state index in [1.54, 1.807) is 0 Å². The zero-order chi connectivity index (χ0) is 48.2. The number of carbonyl (C=O) groups excluding carboxylic acids is 4. The number of hydrogen-bond acceptors (Lipinski definition) is 8. The van der Waals surface area contributed by atoms with E-state index in [1.165, 1.54) is 0 Å². The fraction of sp³-hybridized carbons (Fsp3) is 0.509. The normalized spacial score (nSPS) is 15.7. The van der Waals surface area contributed by atoms with Crippen LogP contribution in [0.4, 0.5) is 0 Å². The van der Waals surface area contributed by atoms with Crippen LogP contribution < -0.4 is 20.2 Å². The Balaban J connectivity index is 0.000000250. The predicted molar refractivity (Wildman–Crippen MR) is 273 cm³/mol. The number of benzene rings is 2. The standard InChI is InChI=1S/C27H37N4O3.C26H35N4O3.2ClH/c1-6-27(7-2,17-28-4)26(33)34-18-31-15-14-30(19(31)3)16-20-12-13-23-24(25(20)32)21-10-8-9-11-22(21)29(23)5;1-5-26(6-2,16-27)25(32)33-17-30-14-13-29(18(30)3)15-19-11-12-22-23(24(19)31)20-9-7-8-10-21(20)28(22)4;;/h8-11,14-15,20,28H,6-7,12-13,16-18H2,1-5H3;7-10,13-14,19H,5-6,11-12,15-17,27H2,1-4H3;2*1H/q2*+1;;. The summed E-state index contributed by atoms with van der Waals surface area (Å²) >= 11 is 0. The summed E-state index contributed by atoms with van der Waals surface area (Å²) in [5.74, 6) is 1.81. The van der Waals surface area contributed by atoms with Crippen molar-refractivity contribution in [3.63, 3.8) is 0 Å². The molecule has 2 unspecified atom stereocenters. The topological polar surface area (TPSA) is 152 Å². The highest BCUT2D eigenvalue weighted by molar-refractivity contribution is 6.12. The number of fused-ring (bicyclic) bond motifs is 6. The number of aromatic nitrogens is 6. The summed E-state index contributed by atoms with van der Waals surface area (Å²) in [6, 6.07) is 16.3. The number of para-hydroxylation sites is 2. The van der Waals surface area contributed by atoms with Gasteiger partial charge in [0, 0.05) is 85.4 Å². The van der Waals surface area contributed by atoms with Gasteiger partial charge in [0.1, 0.15) is 37.9 Å². The molecule has 4 heterocycles. The summed E-state index contributed by atoms with van der Waals surface area (Å²) in [6.45, 7) is 14.4. The molecule has 0 saturated carbocycles. The van der Waals surface area contributed by atoms with Crippen LogP contribution in [0, 0.1) is 36.5 Å². The maximum atomic E-state index is 13.5. The van der Waals surface area contributed by atoms with Gasteiger partial charge in [-0.3, -0.25) is 19.2 Å². The average Bonchev–Trinajstić information content (AvgIpc) is 4.06. The SMILES string of the molecule is CCC(CC)(CN)C(=O)OC[n+]1ccn(CC2CCc3c(c4ccccc4n3C)C2=O)c1C.CCC(CC)(CNC)C(=O)OC[n+]1ccn(CC2CCc3c(c4ccccc4n3C)C2=O)c1C.Cl.Cl. The number of imidazole rings is 2. The molecule has 0 spiro atoms. The second-order valence-corrected chi connectivity index (χ2v) is 18.8. The molecule has 14 nitrogen and oxygen atoms in total. The number of Topliss-reactive ketones (excluding diaryl/α,β-unsaturated/α-hetero) is 2. The molecular formula is C53H74Cl2N8O6+2. The van der Waals surface area contributed by atoms with Gasteiger partial charge in [0.25, 0.3) is 11.6 Å². The van der Waals surface area contributed by atoms with Crippen LogP contribution in [0.25, 0.3) is 21.8 Å². The summed E-state index contributed by atoms with van der Waals surface area (Å²) in [5.41, 5.74) is 11.0. The molecule has 0 amide bonds. The Morgan fingerprint density at radius 2 is 1.07 bits per heavy atom. The Morgan fingerprint density at radius 3 is 1.45 bits per heavy atom. The van der Waals surface area contributed by atoms with Crippen LogP contribution >= 0.6 is 24.8 Å². The van der Waals surface area contributed by atoms with E-state index in [0.717, 1.165) is 94.5 Å². The lowest BCUT2D eigenvalue weighted by molar-refractivity contribution is -0.733. The molecule has 16 heteroatoms. The smallest absolute Gasteiger partial charge is 0.316 e. The number of nitrogens with zero attached hydrogens (tertiary/aromatic N) is 6. The number of carbonyl (C=O) groups is 4. The number of esters is 2. The van der Waals surface area contributed by atoms with E-state index in [4.69, 9.17) is 15.2 Å². The minimum absolute atomic E-state index is 0. The largest absolute Gasteiger partial charge is 0.424 e. The fourth-order valence-corrected chi connectivity index (χ4v) is 10.6. The highest BCUT2D eigenvalue weighted by atomic mass is 35.5. The van der Waals surface area contributed by atoms with Crippen LogP contribution in [-0.2, 0) is 72.6 Å². The molecule has 69 heavy (non-hydrogen) atoms. The van der Waals surface area contributed by atoms with Crippen molar-refractivity contribution in [2.24, 2.45) is 42.5 Å². The molecule has 0 saturated heterocycles. The van der Waals surface area contributed by atoms with Crippen LogP contribution in [0.15, 0.2) is 73.3 Å². The van der Waals surface area contributed by atoms with Gasteiger partial charge in [-0.15, -0.1) is 24.8 Å². The molecule has 0 radical (unpaired) electrons. The number of halogens is 2. The highest BCUT2D eigenvalue weighted by Gasteiger charge is 2.39.